The van der Waals surface area contributed by atoms with Gasteiger partial charge in [0, 0.05) is 26.1 Å². The molecule has 13 heavy (non-hydrogen) atoms. The van der Waals surface area contributed by atoms with Gasteiger partial charge in [-0.25, -0.2) is 0 Å². The standard InChI is InChI=1S/C8H14O5/c9-5-1-3-7(11)13-8(12)4-2-6-10/h9-10H,1-6H2. The van der Waals surface area contributed by atoms with Crippen LogP contribution in [0.4, 0.5) is 0 Å². The lowest BCUT2D eigenvalue weighted by Gasteiger charge is -2.00. The average Bonchev–Trinajstić information content (AvgIpc) is 2.11. The summed E-state index contributed by atoms with van der Waals surface area (Å²) in [4.78, 5) is 21.5. The van der Waals surface area contributed by atoms with Gasteiger partial charge in [0.1, 0.15) is 0 Å². The minimum atomic E-state index is -0.628. The van der Waals surface area contributed by atoms with Gasteiger partial charge in [-0.1, -0.05) is 0 Å². The van der Waals surface area contributed by atoms with Crippen LogP contribution in [0.25, 0.3) is 0 Å². The maximum absolute atomic E-state index is 10.8. The van der Waals surface area contributed by atoms with Gasteiger partial charge in [0.25, 0.3) is 0 Å². The van der Waals surface area contributed by atoms with Crippen molar-refractivity contribution in [1.82, 2.24) is 0 Å². The molecular weight excluding hydrogens is 176 g/mol. The molecule has 5 nitrogen and oxygen atoms in total. The monoisotopic (exact) mass is 190 g/mol. The lowest BCUT2D eigenvalue weighted by Crippen LogP contribution is -2.12. The van der Waals surface area contributed by atoms with E-state index in [0.717, 1.165) is 0 Å². The summed E-state index contributed by atoms with van der Waals surface area (Å²) in [5.74, 6) is -1.26. The molecule has 0 aromatic rings. The molecule has 0 aliphatic carbocycles. The maximum Gasteiger partial charge on any atom is 0.313 e. The lowest BCUT2D eigenvalue weighted by atomic mass is 10.3. The zero-order valence-electron chi connectivity index (χ0n) is 7.36. The SMILES string of the molecule is O=C(CCCO)OC(=O)CCCO. The molecule has 76 valence electrons. The van der Waals surface area contributed by atoms with Crippen molar-refractivity contribution < 1.29 is 24.5 Å². The second-order valence-corrected chi connectivity index (χ2v) is 2.50. The highest BCUT2D eigenvalue weighted by atomic mass is 16.6. The van der Waals surface area contributed by atoms with E-state index in [4.69, 9.17) is 10.2 Å². The Kier molecular flexibility index (Phi) is 7.14. The van der Waals surface area contributed by atoms with Crippen LogP contribution >= 0.6 is 0 Å². The average molecular weight is 190 g/mol. The van der Waals surface area contributed by atoms with Gasteiger partial charge in [-0.05, 0) is 12.8 Å². The Morgan fingerprint density at radius 2 is 1.31 bits per heavy atom. The van der Waals surface area contributed by atoms with Crippen molar-refractivity contribution in [2.75, 3.05) is 13.2 Å². The normalized spacial score (nSPS) is 9.69. The van der Waals surface area contributed by atoms with Gasteiger partial charge >= 0.3 is 11.9 Å². The van der Waals surface area contributed by atoms with Crippen LogP contribution in [0.1, 0.15) is 25.7 Å². The Bertz CT molecular complexity index is 148. The Labute approximate surface area is 76.3 Å². The summed E-state index contributed by atoms with van der Waals surface area (Å²) < 4.78 is 4.35. The molecule has 0 aromatic carbocycles. The fraction of sp³-hybridized carbons (Fsp3) is 0.750. The van der Waals surface area contributed by atoms with Crippen molar-refractivity contribution in [3.05, 3.63) is 0 Å². The van der Waals surface area contributed by atoms with Crippen molar-refractivity contribution in [2.24, 2.45) is 0 Å². The first-order valence-electron chi connectivity index (χ1n) is 4.16. The highest BCUT2D eigenvalue weighted by molar-refractivity contribution is 5.85. The molecule has 5 heteroatoms. The number of carbonyl (C=O) groups is 2. The predicted molar refractivity (Wildman–Crippen MR) is 43.7 cm³/mol. The van der Waals surface area contributed by atoms with Gasteiger partial charge in [-0.15, -0.1) is 0 Å². The smallest absolute Gasteiger partial charge is 0.313 e. The summed E-state index contributed by atoms with van der Waals surface area (Å²) in [5.41, 5.74) is 0. The van der Waals surface area contributed by atoms with Crippen molar-refractivity contribution in [2.45, 2.75) is 25.7 Å². The lowest BCUT2D eigenvalue weighted by molar-refractivity contribution is -0.160. The fourth-order valence-electron chi connectivity index (χ4n) is 0.676. The number of hydrogen-bond acceptors (Lipinski definition) is 5. The molecule has 0 rings (SSSR count). The number of aliphatic hydroxyl groups excluding tert-OH is 2. The molecule has 0 bridgehead atoms. The molecule has 0 fully saturated rings. The highest BCUT2D eigenvalue weighted by Gasteiger charge is 2.08. The van der Waals surface area contributed by atoms with Crippen molar-refractivity contribution in [3.8, 4) is 0 Å². The molecule has 0 aliphatic heterocycles. The first kappa shape index (κ1) is 12.1. The van der Waals surface area contributed by atoms with E-state index >= 15 is 0 Å². The zero-order chi connectivity index (χ0) is 10.1. The van der Waals surface area contributed by atoms with E-state index in [-0.39, 0.29) is 26.1 Å². The van der Waals surface area contributed by atoms with Gasteiger partial charge in [-0.3, -0.25) is 9.59 Å². The molecule has 0 amide bonds. The van der Waals surface area contributed by atoms with Crippen LogP contribution in [0, 0.1) is 0 Å². The number of carbonyl (C=O) groups excluding carboxylic acids is 2. The fourth-order valence-corrected chi connectivity index (χ4v) is 0.676. The van der Waals surface area contributed by atoms with Crippen molar-refractivity contribution >= 4 is 11.9 Å². The molecule has 2 N–H and O–H groups in total. The summed E-state index contributed by atoms with van der Waals surface area (Å²) in [6, 6.07) is 0. The van der Waals surface area contributed by atoms with Crippen LogP contribution in [-0.2, 0) is 14.3 Å². The quantitative estimate of drug-likeness (QED) is 0.440. The van der Waals surface area contributed by atoms with Crippen molar-refractivity contribution in [1.29, 1.82) is 0 Å². The minimum Gasteiger partial charge on any atom is -0.396 e. The predicted octanol–water partition coefficient (Wildman–Crippen LogP) is -0.399. The number of ether oxygens (including phenoxy) is 1. The number of aliphatic hydroxyl groups is 2. The third-order valence-corrected chi connectivity index (χ3v) is 1.31. The van der Waals surface area contributed by atoms with Gasteiger partial charge in [-0.2, -0.15) is 0 Å². The van der Waals surface area contributed by atoms with Gasteiger partial charge in [0.05, 0.1) is 0 Å². The van der Waals surface area contributed by atoms with Crippen LogP contribution in [0.15, 0.2) is 0 Å². The van der Waals surface area contributed by atoms with Crippen LogP contribution in [0.5, 0.6) is 0 Å². The Balaban J connectivity index is 3.47. The summed E-state index contributed by atoms with van der Waals surface area (Å²) in [6.07, 6.45) is 0.682. The topological polar surface area (TPSA) is 83.8 Å². The zero-order valence-corrected chi connectivity index (χ0v) is 7.36. The number of esters is 2. The molecule has 0 radical (unpaired) electrons. The third kappa shape index (κ3) is 7.42. The molecule has 0 heterocycles. The van der Waals surface area contributed by atoms with Crippen LogP contribution < -0.4 is 0 Å². The van der Waals surface area contributed by atoms with E-state index in [0.29, 0.717) is 12.8 Å². The van der Waals surface area contributed by atoms with Crippen LogP contribution in [0.3, 0.4) is 0 Å². The molecule has 0 unspecified atom stereocenters. The first-order valence-corrected chi connectivity index (χ1v) is 4.16. The summed E-state index contributed by atoms with van der Waals surface area (Å²) in [6.45, 7) is -0.195. The van der Waals surface area contributed by atoms with E-state index < -0.39 is 11.9 Å². The van der Waals surface area contributed by atoms with Gasteiger partial charge < -0.3 is 14.9 Å². The van der Waals surface area contributed by atoms with Crippen LogP contribution in [0.2, 0.25) is 0 Å². The van der Waals surface area contributed by atoms with Gasteiger partial charge in [0.15, 0.2) is 0 Å². The Hall–Kier alpha value is -0.940. The molecular formula is C8H14O5. The van der Waals surface area contributed by atoms with Gasteiger partial charge in [0.2, 0.25) is 0 Å². The molecule has 0 atom stereocenters. The summed E-state index contributed by atoms with van der Waals surface area (Å²) in [5, 5.41) is 16.7. The largest absolute Gasteiger partial charge is 0.396 e. The third-order valence-electron chi connectivity index (χ3n) is 1.31. The number of hydrogen-bond donors (Lipinski definition) is 2. The van der Waals surface area contributed by atoms with E-state index in [2.05, 4.69) is 4.74 Å². The Morgan fingerprint density at radius 1 is 0.923 bits per heavy atom. The molecule has 0 aromatic heterocycles. The second-order valence-electron chi connectivity index (χ2n) is 2.50. The molecule has 0 aliphatic rings. The van der Waals surface area contributed by atoms with Crippen molar-refractivity contribution in [3.63, 3.8) is 0 Å². The van der Waals surface area contributed by atoms with E-state index in [1.807, 2.05) is 0 Å². The maximum atomic E-state index is 10.8. The molecule has 0 saturated carbocycles. The highest BCUT2D eigenvalue weighted by Crippen LogP contribution is 1.96. The van der Waals surface area contributed by atoms with E-state index in [1.165, 1.54) is 0 Å². The van der Waals surface area contributed by atoms with Crippen LogP contribution in [-0.4, -0.2) is 35.4 Å². The number of rotatable bonds is 6. The summed E-state index contributed by atoms with van der Waals surface area (Å²) in [7, 11) is 0. The summed E-state index contributed by atoms with van der Waals surface area (Å²) >= 11 is 0. The Morgan fingerprint density at radius 3 is 1.62 bits per heavy atom. The molecule has 0 saturated heterocycles. The molecule has 0 spiro atoms. The van der Waals surface area contributed by atoms with E-state index in [1.54, 1.807) is 0 Å². The van der Waals surface area contributed by atoms with E-state index in [9.17, 15) is 9.59 Å². The minimum absolute atomic E-state index is 0.0430. The first-order chi connectivity index (χ1) is 6.20. The second kappa shape index (κ2) is 7.70.